The number of amides is 3. The maximum atomic E-state index is 13.9. The molecule has 1 aromatic carbocycles. The maximum Gasteiger partial charge on any atom is 0.319 e. The van der Waals surface area contributed by atoms with E-state index in [0.717, 1.165) is 51.9 Å². The lowest BCUT2D eigenvalue weighted by atomic mass is 10.0. The number of carbonyl (C=O) groups excluding carboxylic acids is 2. The first kappa shape index (κ1) is 19.6. The number of likely N-dealkylation sites (tertiary alicyclic amines) is 1. The molecule has 8 heteroatoms. The quantitative estimate of drug-likeness (QED) is 0.735. The Hall–Kier alpha value is -2.19. The van der Waals surface area contributed by atoms with Crippen LogP contribution in [0.5, 0.6) is 0 Å². The molecule has 1 aromatic rings. The van der Waals surface area contributed by atoms with E-state index in [1.54, 1.807) is 0 Å². The monoisotopic (exact) mass is 378 g/mol. The summed E-state index contributed by atoms with van der Waals surface area (Å²) in [4.78, 5) is 25.7. The largest absolute Gasteiger partial charge is 0.377 e. The number of carbonyl (C=O) groups is 2. The average Bonchev–Trinajstić information content (AvgIpc) is 3.12. The Balaban J connectivity index is 1.45. The molecule has 0 radical (unpaired) electrons. The van der Waals surface area contributed by atoms with Crippen molar-refractivity contribution >= 4 is 23.3 Å². The summed E-state index contributed by atoms with van der Waals surface area (Å²) in [5, 5.41) is 8.01. The lowest BCUT2D eigenvalue weighted by molar-refractivity contribution is -0.114. The third-order valence-corrected chi connectivity index (χ3v) is 4.94. The Labute approximate surface area is 158 Å². The van der Waals surface area contributed by atoms with Crippen LogP contribution in [0.1, 0.15) is 32.6 Å². The molecule has 2 saturated heterocycles. The molecule has 27 heavy (non-hydrogen) atoms. The first-order chi connectivity index (χ1) is 13.0. The van der Waals surface area contributed by atoms with Crippen molar-refractivity contribution < 1.29 is 18.7 Å². The summed E-state index contributed by atoms with van der Waals surface area (Å²) in [7, 11) is 0. The SMILES string of the molecule is CC(=O)Nc1ccc(F)c(NC(=O)NC2CCN(CC3CCCO3)CC2)c1. The van der Waals surface area contributed by atoms with E-state index in [1.165, 1.54) is 25.1 Å². The van der Waals surface area contributed by atoms with Gasteiger partial charge in [-0.15, -0.1) is 0 Å². The van der Waals surface area contributed by atoms with Crippen LogP contribution < -0.4 is 16.0 Å². The van der Waals surface area contributed by atoms with Gasteiger partial charge in [0, 0.05) is 44.9 Å². The van der Waals surface area contributed by atoms with Gasteiger partial charge >= 0.3 is 6.03 Å². The number of hydrogen-bond acceptors (Lipinski definition) is 4. The summed E-state index contributed by atoms with van der Waals surface area (Å²) < 4.78 is 19.6. The van der Waals surface area contributed by atoms with Crippen LogP contribution >= 0.6 is 0 Å². The summed E-state index contributed by atoms with van der Waals surface area (Å²) in [6.07, 6.45) is 4.33. The van der Waals surface area contributed by atoms with Crippen molar-refractivity contribution in [2.75, 3.05) is 36.9 Å². The van der Waals surface area contributed by atoms with Crippen molar-refractivity contribution in [3.63, 3.8) is 0 Å². The lowest BCUT2D eigenvalue weighted by Gasteiger charge is -2.33. The molecule has 0 aliphatic carbocycles. The number of rotatable bonds is 5. The van der Waals surface area contributed by atoms with E-state index in [1.807, 2.05) is 0 Å². The Bertz CT molecular complexity index is 671. The second-order valence-corrected chi connectivity index (χ2v) is 7.18. The summed E-state index contributed by atoms with van der Waals surface area (Å²) in [5.41, 5.74) is 0.469. The second kappa shape index (κ2) is 9.14. The van der Waals surface area contributed by atoms with Gasteiger partial charge in [-0.05, 0) is 43.9 Å². The van der Waals surface area contributed by atoms with Gasteiger partial charge in [-0.2, -0.15) is 0 Å². The van der Waals surface area contributed by atoms with E-state index in [-0.39, 0.29) is 17.6 Å². The Morgan fingerprint density at radius 3 is 2.67 bits per heavy atom. The van der Waals surface area contributed by atoms with Crippen LogP contribution in [0.15, 0.2) is 18.2 Å². The van der Waals surface area contributed by atoms with Gasteiger partial charge in [0.25, 0.3) is 0 Å². The normalized spacial score (nSPS) is 21.0. The molecule has 0 aromatic heterocycles. The van der Waals surface area contributed by atoms with E-state index >= 15 is 0 Å². The van der Waals surface area contributed by atoms with Gasteiger partial charge in [0.2, 0.25) is 5.91 Å². The number of hydrogen-bond donors (Lipinski definition) is 3. The molecule has 3 rings (SSSR count). The van der Waals surface area contributed by atoms with Crippen LogP contribution in [0.25, 0.3) is 0 Å². The number of halogens is 1. The van der Waals surface area contributed by atoms with Crippen molar-refractivity contribution in [2.45, 2.75) is 44.8 Å². The minimum absolute atomic E-state index is 0.0366. The zero-order chi connectivity index (χ0) is 19.2. The first-order valence-corrected chi connectivity index (χ1v) is 9.48. The minimum Gasteiger partial charge on any atom is -0.377 e. The van der Waals surface area contributed by atoms with Gasteiger partial charge in [0.15, 0.2) is 0 Å². The number of benzene rings is 1. The molecule has 2 heterocycles. The number of nitrogens with one attached hydrogen (secondary N) is 3. The Morgan fingerprint density at radius 2 is 2.00 bits per heavy atom. The van der Waals surface area contributed by atoms with Crippen molar-refractivity contribution in [1.82, 2.24) is 10.2 Å². The molecular weight excluding hydrogens is 351 g/mol. The minimum atomic E-state index is -0.550. The molecule has 1 atom stereocenters. The van der Waals surface area contributed by atoms with Gasteiger partial charge in [-0.3, -0.25) is 4.79 Å². The predicted octanol–water partition coefficient (Wildman–Crippen LogP) is 2.55. The third kappa shape index (κ3) is 5.90. The predicted molar refractivity (Wildman–Crippen MR) is 101 cm³/mol. The lowest BCUT2D eigenvalue weighted by Crippen LogP contribution is -2.47. The average molecular weight is 378 g/mol. The van der Waals surface area contributed by atoms with E-state index in [2.05, 4.69) is 20.9 Å². The van der Waals surface area contributed by atoms with Crippen LogP contribution in [0.3, 0.4) is 0 Å². The van der Waals surface area contributed by atoms with E-state index < -0.39 is 11.8 Å². The van der Waals surface area contributed by atoms with Gasteiger partial charge in [-0.25, -0.2) is 9.18 Å². The maximum absolute atomic E-state index is 13.9. The second-order valence-electron chi connectivity index (χ2n) is 7.18. The number of ether oxygens (including phenoxy) is 1. The van der Waals surface area contributed by atoms with Crippen LogP contribution in [-0.4, -0.2) is 55.2 Å². The number of nitrogens with zero attached hydrogens (tertiary/aromatic N) is 1. The summed E-state index contributed by atoms with van der Waals surface area (Å²) in [6.45, 7) is 5.02. The van der Waals surface area contributed by atoms with Gasteiger partial charge in [0.05, 0.1) is 11.8 Å². The van der Waals surface area contributed by atoms with Crippen molar-refractivity contribution in [3.05, 3.63) is 24.0 Å². The number of anilines is 2. The van der Waals surface area contributed by atoms with Crippen molar-refractivity contribution in [1.29, 1.82) is 0 Å². The summed E-state index contributed by atoms with van der Waals surface area (Å²) in [6, 6.07) is 3.69. The van der Waals surface area contributed by atoms with Gasteiger partial charge in [-0.1, -0.05) is 0 Å². The molecule has 1 unspecified atom stereocenters. The van der Waals surface area contributed by atoms with Crippen LogP contribution in [0, 0.1) is 5.82 Å². The standard InChI is InChI=1S/C19H27FN4O3/c1-13(25)21-15-4-5-17(20)18(11-15)23-19(26)22-14-6-8-24(9-7-14)12-16-3-2-10-27-16/h4-5,11,14,16H,2-3,6-10,12H2,1H3,(H,21,25)(H2,22,23,26). The molecule has 3 amide bonds. The Morgan fingerprint density at radius 1 is 1.22 bits per heavy atom. The molecule has 0 spiro atoms. The van der Waals surface area contributed by atoms with Crippen LogP contribution in [-0.2, 0) is 9.53 Å². The molecule has 0 bridgehead atoms. The molecule has 7 nitrogen and oxygen atoms in total. The fraction of sp³-hybridized carbons (Fsp3) is 0.579. The van der Waals surface area contributed by atoms with E-state index in [9.17, 15) is 14.0 Å². The highest BCUT2D eigenvalue weighted by molar-refractivity contribution is 5.92. The van der Waals surface area contributed by atoms with Crippen molar-refractivity contribution in [3.8, 4) is 0 Å². The highest BCUT2D eigenvalue weighted by atomic mass is 19.1. The fourth-order valence-electron chi connectivity index (χ4n) is 3.58. The van der Waals surface area contributed by atoms with Crippen LogP contribution in [0.2, 0.25) is 0 Å². The molecule has 2 fully saturated rings. The fourth-order valence-corrected chi connectivity index (χ4v) is 3.58. The topological polar surface area (TPSA) is 82.7 Å². The van der Waals surface area contributed by atoms with E-state index in [4.69, 9.17) is 4.74 Å². The molecule has 2 aliphatic rings. The zero-order valence-electron chi connectivity index (χ0n) is 15.6. The molecular formula is C19H27FN4O3. The van der Waals surface area contributed by atoms with Crippen molar-refractivity contribution in [2.24, 2.45) is 0 Å². The molecule has 2 aliphatic heterocycles. The summed E-state index contributed by atoms with van der Waals surface area (Å²) >= 11 is 0. The number of piperidine rings is 1. The number of urea groups is 1. The smallest absolute Gasteiger partial charge is 0.319 e. The summed E-state index contributed by atoms with van der Waals surface area (Å²) in [5.74, 6) is -0.808. The van der Waals surface area contributed by atoms with Crippen LogP contribution in [0.4, 0.5) is 20.6 Å². The molecule has 3 N–H and O–H groups in total. The van der Waals surface area contributed by atoms with Gasteiger partial charge in [0.1, 0.15) is 5.82 Å². The first-order valence-electron chi connectivity index (χ1n) is 9.48. The molecule has 0 saturated carbocycles. The van der Waals surface area contributed by atoms with Gasteiger partial charge < -0.3 is 25.6 Å². The Kier molecular flexibility index (Phi) is 6.63. The highest BCUT2D eigenvalue weighted by Crippen LogP contribution is 2.20. The molecule has 148 valence electrons. The zero-order valence-corrected chi connectivity index (χ0v) is 15.6. The highest BCUT2D eigenvalue weighted by Gasteiger charge is 2.24. The third-order valence-electron chi connectivity index (χ3n) is 4.94. The van der Waals surface area contributed by atoms with E-state index in [0.29, 0.717) is 11.8 Å².